The average Bonchev–Trinajstić information content (AvgIpc) is 2.96. The number of hydrogen-bond donors (Lipinski definition) is 0. The fraction of sp³-hybridized carbons (Fsp3) is 0.318. The number of hydrogen-bond acceptors (Lipinski definition) is 4. The zero-order chi connectivity index (χ0) is 20.8. The number of nitrogens with zero attached hydrogens (tertiary/aromatic N) is 2. The van der Waals surface area contributed by atoms with E-state index in [4.69, 9.17) is 4.74 Å². The van der Waals surface area contributed by atoms with Crippen molar-refractivity contribution in [2.24, 2.45) is 0 Å². The summed E-state index contributed by atoms with van der Waals surface area (Å²) in [5, 5.41) is 0. The van der Waals surface area contributed by atoms with Crippen LogP contribution in [0.4, 0.5) is 0 Å². The van der Waals surface area contributed by atoms with Crippen molar-refractivity contribution in [2.75, 3.05) is 26.8 Å². The van der Waals surface area contributed by atoms with Gasteiger partial charge in [-0.2, -0.15) is 0 Å². The Labute approximate surface area is 178 Å². The number of methoxy groups -OCH3 is 1. The number of carbonyl (C=O) groups is 3. The third-order valence-electron chi connectivity index (χ3n) is 4.84. The summed E-state index contributed by atoms with van der Waals surface area (Å²) in [5.41, 5.74) is 1.86. The largest absolute Gasteiger partial charge is 0.383 e. The lowest BCUT2D eigenvalue weighted by Gasteiger charge is -2.23. The second-order valence-electron chi connectivity index (χ2n) is 6.85. The third kappa shape index (κ3) is 5.10. The molecule has 3 rings (SSSR count). The van der Waals surface area contributed by atoms with Crippen LogP contribution in [0.5, 0.6) is 0 Å². The smallest absolute Gasteiger partial charge is 0.261 e. The Balaban J connectivity index is 1.57. The van der Waals surface area contributed by atoms with Gasteiger partial charge in [-0.1, -0.05) is 46.3 Å². The number of halogens is 1. The first-order chi connectivity index (χ1) is 14.0. The molecular formula is C22H23BrN2O4. The lowest BCUT2D eigenvalue weighted by molar-refractivity contribution is -0.132. The Bertz CT molecular complexity index is 901. The molecule has 0 fully saturated rings. The first-order valence-corrected chi connectivity index (χ1v) is 10.3. The number of rotatable bonds is 9. The molecule has 0 saturated carbocycles. The molecule has 0 atom stereocenters. The third-order valence-corrected chi connectivity index (χ3v) is 5.33. The normalized spacial score (nSPS) is 13.0. The molecule has 0 saturated heterocycles. The zero-order valence-electron chi connectivity index (χ0n) is 16.3. The van der Waals surface area contributed by atoms with Crippen LogP contribution in [0.2, 0.25) is 0 Å². The quantitative estimate of drug-likeness (QED) is 0.539. The molecule has 6 nitrogen and oxygen atoms in total. The number of fused-ring (bicyclic) bond motifs is 1. The van der Waals surface area contributed by atoms with Gasteiger partial charge in [0.05, 0.1) is 17.7 Å². The van der Waals surface area contributed by atoms with Crippen molar-refractivity contribution in [2.45, 2.75) is 19.4 Å². The first kappa shape index (κ1) is 21.2. The standard InChI is InChI=1S/C22H23BrN2O4/c1-29-13-12-24(15-16-6-3-2-4-7-16)20(26)8-5-11-25-21(27)18-10-9-17(23)14-19(18)22(25)28/h2-4,6-7,9-10,14H,5,8,11-13,15H2,1H3. The van der Waals surface area contributed by atoms with E-state index in [1.165, 1.54) is 4.90 Å². The number of carbonyl (C=O) groups excluding carboxylic acids is 3. The van der Waals surface area contributed by atoms with Crippen molar-refractivity contribution in [3.05, 3.63) is 69.7 Å². The highest BCUT2D eigenvalue weighted by Crippen LogP contribution is 2.26. The molecule has 0 bridgehead atoms. The molecule has 0 N–H and O–H groups in total. The maximum absolute atomic E-state index is 12.7. The molecule has 29 heavy (non-hydrogen) atoms. The van der Waals surface area contributed by atoms with E-state index in [2.05, 4.69) is 15.9 Å². The van der Waals surface area contributed by atoms with Crippen molar-refractivity contribution in [1.29, 1.82) is 0 Å². The van der Waals surface area contributed by atoms with Crippen molar-refractivity contribution >= 4 is 33.7 Å². The molecule has 152 valence electrons. The molecule has 0 radical (unpaired) electrons. The Hall–Kier alpha value is -2.51. The summed E-state index contributed by atoms with van der Waals surface area (Å²) in [6.45, 7) is 1.67. The summed E-state index contributed by atoms with van der Waals surface area (Å²) < 4.78 is 5.88. The average molecular weight is 459 g/mol. The Kier molecular flexibility index (Phi) is 7.17. The lowest BCUT2D eigenvalue weighted by atomic mass is 10.1. The van der Waals surface area contributed by atoms with Crippen LogP contribution < -0.4 is 0 Å². The molecule has 0 spiro atoms. The molecular weight excluding hydrogens is 436 g/mol. The molecule has 0 aliphatic carbocycles. The number of ether oxygens (including phenoxy) is 1. The molecule has 7 heteroatoms. The Morgan fingerprint density at radius 2 is 1.79 bits per heavy atom. The van der Waals surface area contributed by atoms with Crippen LogP contribution >= 0.6 is 15.9 Å². The highest BCUT2D eigenvalue weighted by Gasteiger charge is 2.35. The maximum atomic E-state index is 12.7. The van der Waals surface area contributed by atoms with Gasteiger partial charge in [-0.3, -0.25) is 19.3 Å². The fourth-order valence-electron chi connectivity index (χ4n) is 3.31. The summed E-state index contributed by atoms with van der Waals surface area (Å²) in [6.07, 6.45) is 0.678. The van der Waals surface area contributed by atoms with Gasteiger partial charge < -0.3 is 9.64 Å². The van der Waals surface area contributed by atoms with Crippen LogP contribution in [0.15, 0.2) is 53.0 Å². The van der Waals surface area contributed by atoms with Gasteiger partial charge in [0.2, 0.25) is 5.91 Å². The lowest BCUT2D eigenvalue weighted by Crippen LogP contribution is -2.35. The maximum Gasteiger partial charge on any atom is 0.261 e. The minimum Gasteiger partial charge on any atom is -0.383 e. The van der Waals surface area contributed by atoms with Crippen LogP contribution in [-0.2, 0) is 16.1 Å². The molecule has 1 aliphatic rings. The molecule has 1 heterocycles. The Morgan fingerprint density at radius 3 is 2.52 bits per heavy atom. The van der Waals surface area contributed by atoms with Crippen molar-refractivity contribution in [3.8, 4) is 0 Å². The first-order valence-electron chi connectivity index (χ1n) is 9.47. The van der Waals surface area contributed by atoms with Gasteiger partial charge in [0.25, 0.3) is 11.8 Å². The van der Waals surface area contributed by atoms with Gasteiger partial charge in [0.15, 0.2) is 0 Å². The monoisotopic (exact) mass is 458 g/mol. The van der Waals surface area contributed by atoms with Gasteiger partial charge in [-0.25, -0.2) is 0 Å². The van der Waals surface area contributed by atoms with E-state index in [0.29, 0.717) is 37.2 Å². The molecule has 2 aromatic carbocycles. The Morgan fingerprint density at radius 1 is 1.07 bits per heavy atom. The highest BCUT2D eigenvalue weighted by atomic mass is 79.9. The van der Waals surface area contributed by atoms with Crippen LogP contribution in [0.1, 0.15) is 39.1 Å². The molecule has 2 aromatic rings. The molecule has 3 amide bonds. The number of amides is 3. The van der Waals surface area contributed by atoms with E-state index in [1.807, 2.05) is 30.3 Å². The minimum atomic E-state index is -0.306. The summed E-state index contributed by atoms with van der Waals surface area (Å²) >= 11 is 3.33. The van der Waals surface area contributed by atoms with E-state index < -0.39 is 0 Å². The zero-order valence-corrected chi connectivity index (χ0v) is 17.9. The van der Waals surface area contributed by atoms with Crippen LogP contribution in [0, 0.1) is 0 Å². The van der Waals surface area contributed by atoms with Gasteiger partial charge >= 0.3 is 0 Å². The van der Waals surface area contributed by atoms with Crippen LogP contribution in [0.3, 0.4) is 0 Å². The van der Waals surface area contributed by atoms with Crippen LogP contribution in [0.25, 0.3) is 0 Å². The van der Waals surface area contributed by atoms with E-state index in [0.717, 1.165) is 10.0 Å². The molecule has 0 unspecified atom stereocenters. The second-order valence-corrected chi connectivity index (χ2v) is 7.76. The summed E-state index contributed by atoms with van der Waals surface area (Å²) in [6, 6.07) is 14.8. The van der Waals surface area contributed by atoms with Gasteiger partial charge in [0.1, 0.15) is 0 Å². The van der Waals surface area contributed by atoms with E-state index in [-0.39, 0.29) is 30.7 Å². The van der Waals surface area contributed by atoms with E-state index in [9.17, 15) is 14.4 Å². The minimum absolute atomic E-state index is 0.0229. The number of imide groups is 1. The second kappa shape index (κ2) is 9.80. The van der Waals surface area contributed by atoms with Crippen LogP contribution in [-0.4, -0.2) is 54.3 Å². The summed E-state index contributed by atoms with van der Waals surface area (Å²) in [4.78, 5) is 40.7. The van der Waals surface area contributed by atoms with Gasteiger partial charge in [-0.15, -0.1) is 0 Å². The van der Waals surface area contributed by atoms with E-state index in [1.54, 1.807) is 30.2 Å². The number of benzene rings is 2. The molecule has 1 aliphatic heterocycles. The predicted molar refractivity (Wildman–Crippen MR) is 112 cm³/mol. The predicted octanol–water partition coefficient (Wildman–Crippen LogP) is 3.50. The van der Waals surface area contributed by atoms with Crippen molar-refractivity contribution in [3.63, 3.8) is 0 Å². The summed E-state index contributed by atoms with van der Waals surface area (Å²) in [7, 11) is 1.60. The summed E-state index contributed by atoms with van der Waals surface area (Å²) in [5.74, 6) is -0.630. The molecule has 0 aromatic heterocycles. The van der Waals surface area contributed by atoms with Gasteiger partial charge in [-0.05, 0) is 30.2 Å². The van der Waals surface area contributed by atoms with Crippen molar-refractivity contribution < 1.29 is 19.1 Å². The van der Waals surface area contributed by atoms with E-state index >= 15 is 0 Å². The van der Waals surface area contributed by atoms with Gasteiger partial charge in [0, 0.05) is 37.6 Å². The highest BCUT2D eigenvalue weighted by molar-refractivity contribution is 9.10. The van der Waals surface area contributed by atoms with Crippen molar-refractivity contribution in [1.82, 2.24) is 9.80 Å². The SMILES string of the molecule is COCCN(Cc1ccccc1)C(=O)CCCN1C(=O)c2ccc(Br)cc2C1=O. The fourth-order valence-corrected chi connectivity index (χ4v) is 3.67. The topological polar surface area (TPSA) is 66.9 Å².